The average molecular weight is 1280 g/mol. The summed E-state index contributed by atoms with van der Waals surface area (Å²) in [5, 5.41) is 60.6. The molecule has 12 rings (SSSR count). The van der Waals surface area contributed by atoms with Gasteiger partial charge in [0.1, 0.15) is 36.5 Å². The number of ether oxygens (including phenoxy) is 4. The third kappa shape index (κ3) is 13.4. The van der Waals surface area contributed by atoms with Crippen molar-refractivity contribution in [1.82, 2.24) is 29.0 Å². The van der Waals surface area contributed by atoms with E-state index in [1.54, 1.807) is 36.5 Å². The number of para-hydroxylation sites is 1. The van der Waals surface area contributed by atoms with Crippen LogP contribution in [0.4, 0.5) is 15.7 Å². The zero-order valence-corrected chi connectivity index (χ0v) is 52.8. The summed E-state index contributed by atoms with van der Waals surface area (Å²) in [4.78, 5) is 65.9. The van der Waals surface area contributed by atoms with Gasteiger partial charge in [0.05, 0.1) is 34.4 Å². The number of unbranched alkanes of at least 4 members (excludes halogenated alkanes) is 1. The highest BCUT2D eigenvalue weighted by atomic mass is 32.2. The van der Waals surface area contributed by atoms with Crippen molar-refractivity contribution in [3.8, 4) is 16.9 Å². The van der Waals surface area contributed by atoms with Gasteiger partial charge in [0.2, 0.25) is 16.3 Å². The number of hydrogen-bond donors (Lipinski definition) is 7. The molecule has 24 nitrogen and oxygen atoms in total. The Bertz CT molecular complexity index is 3770. The second-order valence-electron chi connectivity index (χ2n) is 26.1. The molecule has 3 aromatic carbocycles. The number of thiazole rings is 1. The van der Waals surface area contributed by atoms with E-state index >= 15 is 0 Å². The molecule has 4 aliphatic carbocycles. The van der Waals surface area contributed by atoms with Crippen LogP contribution in [0.3, 0.4) is 0 Å². The molecule has 482 valence electrons. The number of carboxylic acids is 2. The standard InChI is InChI=1S/C64H79N9O15S2/c1-38-44(42-18-19-49(68-50(42)56(78)79)72-22-20-40-12-10-13-43(45(40)29-72)55(77)69-59-67-46-14-6-7-15-48(46)89-59)28-66-73(38)37-63-32-61(2)31-62(3,33-63)35-64(34-61,36-63)86-25-23-71(24-26-90(83,84)70(4)5)60(82)85-30-41-17-16-39(11-8-9-21-65)27-47(41)87-58-53(76)51(74)52(75)54(88-58)57(80)81/h6-7,10,12-19,27-28,51-54,58,74-76H,8-9,11,20-26,29-37,65H2,1-5H3,(H,78,79)(H,80,81)(H,67,69,77)/t51-,52-,53+,54-,58+,61?,62?,63?,64?/m1/s1. The Morgan fingerprint density at radius 2 is 1.64 bits per heavy atom. The summed E-state index contributed by atoms with van der Waals surface area (Å²) in [5.74, 6) is -2.94. The Labute approximate surface area is 526 Å². The molecule has 0 radical (unpaired) electrons. The van der Waals surface area contributed by atoms with Gasteiger partial charge < -0.3 is 60.0 Å². The molecule has 90 heavy (non-hydrogen) atoms. The van der Waals surface area contributed by atoms with Crippen LogP contribution in [-0.2, 0) is 61.6 Å². The zero-order valence-electron chi connectivity index (χ0n) is 51.2. The van der Waals surface area contributed by atoms with Gasteiger partial charge in [-0.25, -0.2) is 37.1 Å². The zero-order chi connectivity index (χ0) is 64.1. The summed E-state index contributed by atoms with van der Waals surface area (Å²) in [6.45, 7) is 7.86. The number of aromatic carboxylic acids is 1. The first-order chi connectivity index (χ1) is 42.8. The van der Waals surface area contributed by atoms with E-state index in [-0.39, 0.29) is 58.9 Å². The predicted molar refractivity (Wildman–Crippen MR) is 334 cm³/mol. The number of aliphatic carboxylic acids is 1. The summed E-state index contributed by atoms with van der Waals surface area (Å²) in [7, 11) is -0.965. The third-order valence-corrected chi connectivity index (χ3v) is 21.4. The minimum Gasteiger partial charge on any atom is -0.479 e. The smallest absolute Gasteiger partial charge is 0.410 e. The van der Waals surface area contributed by atoms with E-state index in [0.717, 1.165) is 81.9 Å². The van der Waals surface area contributed by atoms with E-state index in [1.165, 1.54) is 30.3 Å². The van der Waals surface area contributed by atoms with Crippen molar-refractivity contribution in [2.75, 3.05) is 62.9 Å². The Morgan fingerprint density at radius 1 is 0.878 bits per heavy atom. The molecular formula is C64H79N9O15S2. The minimum atomic E-state index is -3.79. The minimum absolute atomic E-state index is 0.0261. The molecule has 5 fully saturated rings. The van der Waals surface area contributed by atoms with Gasteiger partial charge in [0, 0.05) is 74.8 Å². The second kappa shape index (κ2) is 25.5. The van der Waals surface area contributed by atoms with Crippen molar-refractivity contribution in [2.24, 2.45) is 22.0 Å². The number of carboxylic acid groups (broad SMARTS) is 2. The Morgan fingerprint density at radius 3 is 2.37 bits per heavy atom. The second-order valence-corrected chi connectivity index (χ2v) is 29.5. The number of aliphatic hydroxyl groups excluding tert-OH is 3. The molecule has 7 atom stereocenters. The number of carbonyl (C=O) groups is 4. The average Bonchev–Trinajstić information content (AvgIpc) is 0.959. The van der Waals surface area contributed by atoms with Crippen LogP contribution in [0.5, 0.6) is 5.75 Å². The van der Waals surface area contributed by atoms with E-state index in [0.29, 0.717) is 73.1 Å². The van der Waals surface area contributed by atoms with Crippen LogP contribution >= 0.6 is 11.3 Å². The Kier molecular flexibility index (Phi) is 18.2. The van der Waals surface area contributed by atoms with Crippen molar-refractivity contribution < 1.29 is 72.1 Å². The number of nitrogens with two attached hydrogens (primary N) is 1. The fraction of sp³-hybridized carbons (Fsp3) is 0.516. The van der Waals surface area contributed by atoms with Crippen LogP contribution in [0.15, 0.2) is 79.0 Å². The molecule has 4 bridgehead atoms. The normalized spacial score (nSPS) is 26.2. The summed E-state index contributed by atoms with van der Waals surface area (Å²) < 4.78 is 54.8. The number of aryl methyl sites for hydroxylation is 1. The lowest BCUT2D eigenvalue weighted by atomic mass is 9.39. The number of pyridine rings is 1. The summed E-state index contributed by atoms with van der Waals surface area (Å²) in [6.07, 6.45) is -0.839. The molecule has 2 amide bonds. The van der Waals surface area contributed by atoms with Gasteiger partial charge in [-0.2, -0.15) is 5.10 Å². The number of aromatic nitrogens is 4. The van der Waals surface area contributed by atoms with Gasteiger partial charge in [-0.1, -0.05) is 61.6 Å². The van der Waals surface area contributed by atoms with E-state index in [9.17, 15) is 53.1 Å². The Hall–Kier alpha value is -7.14. The topological polar surface area (TPSA) is 332 Å². The number of hydrogen-bond acceptors (Lipinski definition) is 19. The lowest BCUT2D eigenvalue weighted by Crippen LogP contribution is -2.64. The van der Waals surface area contributed by atoms with E-state index in [1.807, 2.05) is 59.0 Å². The number of sulfonamides is 1. The van der Waals surface area contributed by atoms with Crippen LogP contribution in [0.25, 0.3) is 21.3 Å². The molecule has 1 saturated heterocycles. The van der Waals surface area contributed by atoms with Gasteiger partial charge in [0.15, 0.2) is 16.9 Å². The molecule has 26 heteroatoms. The highest BCUT2D eigenvalue weighted by Gasteiger charge is 2.66. The van der Waals surface area contributed by atoms with Gasteiger partial charge in [-0.15, -0.1) is 0 Å². The highest BCUT2D eigenvalue weighted by Crippen LogP contribution is 2.72. The summed E-state index contributed by atoms with van der Waals surface area (Å²) in [6, 6.07) is 22.1. The van der Waals surface area contributed by atoms with Crippen LogP contribution in [0, 0.1) is 23.2 Å². The number of fused-ring (bicyclic) bond motifs is 2. The Balaban J connectivity index is 0.783. The molecule has 2 aliphatic heterocycles. The third-order valence-electron chi connectivity index (χ3n) is 18.6. The first-order valence-corrected chi connectivity index (χ1v) is 32.9. The van der Waals surface area contributed by atoms with Crippen molar-refractivity contribution >= 4 is 66.5 Å². The molecule has 5 heterocycles. The largest absolute Gasteiger partial charge is 0.479 e. The van der Waals surface area contributed by atoms with Crippen molar-refractivity contribution in [3.63, 3.8) is 0 Å². The molecular weight excluding hydrogens is 1200 g/mol. The highest BCUT2D eigenvalue weighted by molar-refractivity contribution is 7.89. The van der Waals surface area contributed by atoms with Crippen LogP contribution in [0.1, 0.15) is 114 Å². The number of carbonyl (C=O) groups excluding carboxylic acids is 2. The number of rotatable bonds is 24. The molecule has 2 unspecified atom stereocenters. The number of nitrogens with one attached hydrogen (secondary N) is 1. The maximum absolute atomic E-state index is 14.3. The molecule has 6 aliphatic rings. The summed E-state index contributed by atoms with van der Waals surface area (Å²) in [5.41, 5.74) is 10.6. The van der Waals surface area contributed by atoms with Gasteiger partial charge in [-0.3, -0.25) is 14.8 Å². The first kappa shape index (κ1) is 64.4. The number of anilines is 2. The lowest BCUT2D eigenvalue weighted by molar-refractivity contribution is -0.271. The number of benzene rings is 3. The van der Waals surface area contributed by atoms with Crippen molar-refractivity contribution in [1.29, 1.82) is 0 Å². The lowest BCUT2D eigenvalue weighted by Gasteiger charge is -2.69. The molecule has 3 aromatic heterocycles. The molecule has 4 saturated carbocycles. The van der Waals surface area contributed by atoms with Crippen LogP contribution in [0.2, 0.25) is 0 Å². The maximum atomic E-state index is 14.3. The summed E-state index contributed by atoms with van der Waals surface area (Å²) >= 11 is 1.40. The fourth-order valence-corrected chi connectivity index (χ4v) is 17.1. The first-order valence-electron chi connectivity index (χ1n) is 30.4. The maximum Gasteiger partial charge on any atom is 0.410 e. The quantitative estimate of drug-likeness (QED) is 0.0314. The molecule has 0 spiro atoms. The monoisotopic (exact) mass is 1280 g/mol. The molecule has 8 N–H and O–H groups in total. The number of nitrogens with zero attached hydrogens (tertiary/aromatic N) is 7. The number of amides is 2. The van der Waals surface area contributed by atoms with E-state index < -0.39 is 76.7 Å². The predicted octanol–water partition coefficient (Wildman–Crippen LogP) is 6.59. The van der Waals surface area contributed by atoms with Crippen molar-refractivity contribution in [2.45, 2.75) is 141 Å². The van der Waals surface area contributed by atoms with Gasteiger partial charge in [-0.05, 0) is 147 Å². The number of aliphatic hydroxyl groups is 3. The van der Waals surface area contributed by atoms with Gasteiger partial charge in [0.25, 0.3) is 5.91 Å². The van der Waals surface area contributed by atoms with Crippen LogP contribution < -0.4 is 20.7 Å². The fourth-order valence-electron chi connectivity index (χ4n) is 15.5. The van der Waals surface area contributed by atoms with E-state index in [4.69, 9.17) is 34.8 Å². The molecule has 6 aromatic rings. The van der Waals surface area contributed by atoms with Crippen molar-refractivity contribution in [3.05, 3.63) is 118 Å². The van der Waals surface area contributed by atoms with E-state index in [2.05, 4.69) is 24.1 Å². The van der Waals surface area contributed by atoms with Gasteiger partial charge >= 0.3 is 18.0 Å². The SMILES string of the molecule is Cc1c(-c2ccc(N3CCc4cccc(C(=O)Nc5nc6ccccc6s5)c4C3)nc2C(=O)O)cnn1CC12CC3(C)CC(C)(C1)CC(OCCN(CCS(=O)(=O)N(C)C)C(=O)OCc1ccc(CCCCN)cc1O[C@H]1O[C@@H](C(=O)O)[C@H](O)[C@@H](O)[C@@H]1O)(C3)C2. The van der Waals surface area contributed by atoms with Crippen LogP contribution in [-0.4, -0.2) is 176 Å².